The van der Waals surface area contributed by atoms with Crippen molar-refractivity contribution in [1.29, 1.82) is 0 Å². The van der Waals surface area contributed by atoms with Gasteiger partial charge in [0.2, 0.25) is 0 Å². The Labute approximate surface area is 150 Å². The van der Waals surface area contributed by atoms with E-state index in [4.69, 9.17) is 5.73 Å². The van der Waals surface area contributed by atoms with E-state index in [0.29, 0.717) is 29.4 Å². The molecule has 1 aliphatic rings. The molecule has 4 rings (SSSR count). The van der Waals surface area contributed by atoms with E-state index in [2.05, 4.69) is 15.6 Å². The Bertz CT molecular complexity index is 971. The van der Waals surface area contributed by atoms with Crippen LogP contribution in [0.15, 0.2) is 36.4 Å². The summed E-state index contributed by atoms with van der Waals surface area (Å²) >= 11 is 0. The van der Waals surface area contributed by atoms with Crippen molar-refractivity contribution in [1.82, 2.24) is 15.6 Å². The molecule has 26 heavy (non-hydrogen) atoms. The topological polar surface area (TPSA) is 82.9 Å². The molecule has 6 heteroatoms. The highest BCUT2D eigenvalue weighted by molar-refractivity contribution is 6.11. The minimum absolute atomic E-state index is 0.185. The summed E-state index contributed by atoms with van der Waals surface area (Å²) in [6.45, 7) is 4.36. The fourth-order valence-electron chi connectivity index (χ4n) is 3.43. The Morgan fingerprint density at radius 1 is 1.31 bits per heavy atom. The van der Waals surface area contributed by atoms with Crippen LogP contribution in [0.4, 0.5) is 10.2 Å². The van der Waals surface area contributed by atoms with Crippen molar-refractivity contribution in [2.75, 3.05) is 25.4 Å². The number of halogens is 1. The molecule has 0 bridgehead atoms. The van der Waals surface area contributed by atoms with Gasteiger partial charge >= 0.3 is 0 Å². The molecule has 2 aromatic carbocycles. The van der Waals surface area contributed by atoms with Crippen LogP contribution in [0, 0.1) is 18.7 Å². The van der Waals surface area contributed by atoms with Gasteiger partial charge in [0.05, 0.1) is 5.56 Å². The smallest absolute Gasteiger partial charge is 0.255 e. The normalized spacial score (nSPS) is 14.4. The predicted molar refractivity (Wildman–Crippen MR) is 102 cm³/mol. The lowest BCUT2D eigenvalue weighted by Gasteiger charge is -2.27. The summed E-state index contributed by atoms with van der Waals surface area (Å²) in [6, 6.07) is 10.5. The van der Waals surface area contributed by atoms with E-state index >= 15 is 0 Å². The predicted octanol–water partition coefficient (Wildman–Crippen LogP) is 2.81. The Hall–Kier alpha value is -2.86. The first-order valence-corrected chi connectivity index (χ1v) is 8.70. The van der Waals surface area contributed by atoms with Crippen molar-refractivity contribution in [3.63, 3.8) is 0 Å². The summed E-state index contributed by atoms with van der Waals surface area (Å²) < 4.78 is 14.3. The molecular weight excluding hydrogens is 331 g/mol. The molecule has 0 atom stereocenters. The summed E-state index contributed by atoms with van der Waals surface area (Å²) in [7, 11) is 0. The average Bonchev–Trinajstić information content (AvgIpc) is 2.88. The zero-order valence-corrected chi connectivity index (χ0v) is 14.5. The quantitative estimate of drug-likeness (QED) is 0.583. The number of hydrogen-bond acceptors (Lipinski definition) is 3. The Balaban J connectivity index is 1.69. The summed E-state index contributed by atoms with van der Waals surface area (Å²) in [5.74, 6) is 0.346. The molecule has 3 aromatic rings. The second-order valence-corrected chi connectivity index (χ2v) is 6.84. The van der Waals surface area contributed by atoms with Crippen LogP contribution < -0.4 is 16.4 Å². The molecule has 0 radical (unpaired) electrons. The van der Waals surface area contributed by atoms with E-state index in [-0.39, 0.29) is 11.7 Å². The molecule has 5 nitrogen and oxygen atoms in total. The summed E-state index contributed by atoms with van der Waals surface area (Å²) in [6.07, 6.45) is 0. The van der Waals surface area contributed by atoms with E-state index in [1.807, 2.05) is 31.2 Å². The van der Waals surface area contributed by atoms with Gasteiger partial charge < -0.3 is 21.4 Å². The Morgan fingerprint density at radius 2 is 2.12 bits per heavy atom. The lowest BCUT2D eigenvalue weighted by atomic mass is 9.98. The maximum Gasteiger partial charge on any atom is 0.255 e. The number of benzene rings is 2. The van der Waals surface area contributed by atoms with Gasteiger partial charge in [0, 0.05) is 42.0 Å². The highest BCUT2D eigenvalue weighted by Gasteiger charge is 2.21. The lowest BCUT2D eigenvalue weighted by Crippen LogP contribution is -2.48. The van der Waals surface area contributed by atoms with Gasteiger partial charge in [-0.15, -0.1) is 0 Å². The van der Waals surface area contributed by atoms with E-state index in [0.717, 1.165) is 35.1 Å². The van der Waals surface area contributed by atoms with Crippen LogP contribution in [0.1, 0.15) is 15.9 Å². The number of aromatic amines is 1. The van der Waals surface area contributed by atoms with Gasteiger partial charge in [-0.3, -0.25) is 4.79 Å². The van der Waals surface area contributed by atoms with Gasteiger partial charge in [0.15, 0.2) is 0 Å². The van der Waals surface area contributed by atoms with Crippen molar-refractivity contribution in [3.8, 4) is 11.1 Å². The standard InChI is InChI=1S/C20H21FN4O/c1-11-3-2-4-15(21)17(11)13-5-6-14-16(7-13)25-19(22)18(14)20(26)24-10-12-8-23-9-12/h2-7,12,23,25H,8-10,22H2,1H3,(H,24,26). The Kier molecular flexibility index (Phi) is 4.12. The van der Waals surface area contributed by atoms with E-state index in [9.17, 15) is 9.18 Å². The number of carbonyl (C=O) groups excluding carboxylic acids is 1. The zero-order chi connectivity index (χ0) is 18.3. The molecule has 1 fully saturated rings. The van der Waals surface area contributed by atoms with Crippen LogP contribution in [0.5, 0.6) is 0 Å². The maximum absolute atomic E-state index is 14.3. The number of nitrogen functional groups attached to an aromatic ring is 1. The van der Waals surface area contributed by atoms with Crippen molar-refractivity contribution < 1.29 is 9.18 Å². The van der Waals surface area contributed by atoms with Gasteiger partial charge in [-0.05, 0) is 30.2 Å². The van der Waals surface area contributed by atoms with Gasteiger partial charge in [-0.25, -0.2) is 4.39 Å². The minimum Gasteiger partial charge on any atom is -0.385 e. The SMILES string of the molecule is Cc1cccc(F)c1-c1ccc2c(C(=O)NCC3CNC3)c(N)[nH]c2c1. The molecule has 0 unspecified atom stereocenters. The number of fused-ring (bicyclic) bond motifs is 1. The molecule has 2 heterocycles. The lowest BCUT2D eigenvalue weighted by molar-refractivity contribution is 0.0945. The number of hydrogen-bond donors (Lipinski definition) is 4. The third kappa shape index (κ3) is 2.82. The number of carbonyl (C=O) groups is 1. The zero-order valence-electron chi connectivity index (χ0n) is 14.5. The number of rotatable bonds is 4. The fourth-order valence-corrected chi connectivity index (χ4v) is 3.43. The van der Waals surface area contributed by atoms with Crippen LogP contribution >= 0.6 is 0 Å². The third-order valence-electron chi connectivity index (χ3n) is 4.98. The molecule has 1 aliphatic heterocycles. The van der Waals surface area contributed by atoms with E-state index < -0.39 is 0 Å². The molecule has 1 amide bonds. The summed E-state index contributed by atoms with van der Waals surface area (Å²) in [5.41, 5.74) is 9.39. The number of anilines is 1. The number of aromatic nitrogens is 1. The van der Waals surface area contributed by atoms with Crippen LogP contribution in [-0.4, -0.2) is 30.5 Å². The number of H-pyrrole nitrogens is 1. The number of aryl methyl sites for hydroxylation is 1. The van der Waals surface area contributed by atoms with Crippen molar-refractivity contribution in [3.05, 3.63) is 53.3 Å². The van der Waals surface area contributed by atoms with Crippen LogP contribution in [0.3, 0.4) is 0 Å². The molecule has 0 saturated carbocycles. The van der Waals surface area contributed by atoms with Gasteiger partial charge in [-0.2, -0.15) is 0 Å². The fraction of sp³-hybridized carbons (Fsp3) is 0.250. The van der Waals surface area contributed by atoms with Gasteiger partial charge in [-0.1, -0.05) is 24.3 Å². The molecular formula is C20H21FN4O. The monoisotopic (exact) mass is 352 g/mol. The molecule has 5 N–H and O–H groups in total. The van der Waals surface area contributed by atoms with Crippen molar-refractivity contribution in [2.45, 2.75) is 6.92 Å². The first kappa shape index (κ1) is 16.6. The number of amides is 1. The summed E-state index contributed by atoms with van der Waals surface area (Å²) in [5, 5.41) is 6.86. The third-order valence-corrected chi connectivity index (χ3v) is 4.98. The first-order chi connectivity index (χ1) is 12.5. The van der Waals surface area contributed by atoms with E-state index in [1.165, 1.54) is 6.07 Å². The maximum atomic E-state index is 14.3. The van der Waals surface area contributed by atoms with E-state index in [1.54, 1.807) is 6.07 Å². The Morgan fingerprint density at radius 3 is 2.81 bits per heavy atom. The van der Waals surface area contributed by atoms with Gasteiger partial charge in [0.25, 0.3) is 5.91 Å². The molecule has 0 aliphatic carbocycles. The summed E-state index contributed by atoms with van der Waals surface area (Å²) in [4.78, 5) is 15.6. The van der Waals surface area contributed by atoms with Gasteiger partial charge in [0.1, 0.15) is 11.6 Å². The second-order valence-electron chi connectivity index (χ2n) is 6.84. The largest absolute Gasteiger partial charge is 0.385 e. The van der Waals surface area contributed by atoms with Crippen molar-refractivity contribution >= 4 is 22.6 Å². The first-order valence-electron chi connectivity index (χ1n) is 8.70. The second kappa shape index (κ2) is 6.46. The van der Waals surface area contributed by atoms with Crippen LogP contribution in [-0.2, 0) is 0 Å². The highest BCUT2D eigenvalue weighted by Crippen LogP contribution is 2.32. The van der Waals surface area contributed by atoms with Crippen molar-refractivity contribution in [2.24, 2.45) is 5.92 Å². The molecule has 1 saturated heterocycles. The minimum atomic E-state index is -0.268. The average molecular weight is 352 g/mol. The molecule has 1 aromatic heterocycles. The number of nitrogens with one attached hydrogen (secondary N) is 3. The highest BCUT2D eigenvalue weighted by atomic mass is 19.1. The molecule has 134 valence electrons. The number of nitrogens with two attached hydrogens (primary N) is 1. The van der Waals surface area contributed by atoms with Crippen LogP contribution in [0.25, 0.3) is 22.0 Å². The molecule has 0 spiro atoms. The van der Waals surface area contributed by atoms with Crippen LogP contribution in [0.2, 0.25) is 0 Å².